The molecule has 0 aromatic carbocycles. The van der Waals surface area contributed by atoms with Gasteiger partial charge in [-0.1, -0.05) is 0 Å². The zero-order valence-corrected chi connectivity index (χ0v) is 10.8. The van der Waals surface area contributed by atoms with Gasteiger partial charge in [-0.3, -0.25) is 4.79 Å². The van der Waals surface area contributed by atoms with Gasteiger partial charge in [0, 0.05) is 25.3 Å². The predicted molar refractivity (Wildman–Crippen MR) is 68.5 cm³/mol. The lowest BCUT2D eigenvalue weighted by molar-refractivity contribution is 0.0563. The van der Waals surface area contributed by atoms with Crippen molar-refractivity contribution in [2.45, 2.75) is 44.2 Å². The number of likely N-dealkylation sites (tertiary alicyclic amines) is 1. The molecule has 98 valence electrons. The highest BCUT2D eigenvalue weighted by Gasteiger charge is 2.35. The fourth-order valence-corrected chi connectivity index (χ4v) is 2.84. The molecule has 1 aliphatic carbocycles. The molecule has 0 spiro atoms. The topological polar surface area (TPSA) is 45.5 Å². The van der Waals surface area contributed by atoms with E-state index in [1.54, 1.807) is 11.8 Å². The van der Waals surface area contributed by atoms with E-state index in [1.165, 1.54) is 19.3 Å². The van der Waals surface area contributed by atoms with Gasteiger partial charge in [-0.2, -0.15) is 0 Å². The van der Waals surface area contributed by atoms with Crippen LogP contribution in [0.25, 0.3) is 0 Å². The molecule has 1 atom stereocenters. The van der Waals surface area contributed by atoms with Gasteiger partial charge in [0.25, 0.3) is 5.91 Å². The number of rotatable bonds is 2. The van der Waals surface area contributed by atoms with Crippen molar-refractivity contribution in [2.75, 3.05) is 13.1 Å². The van der Waals surface area contributed by atoms with Gasteiger partial charge in [0.1, 0.15) is 5.69 Å². The lowest BCUT2D eigenvalue weighted by Crippen LogP contribution is -2.35. The zero-order valence-electron chi connectivity index (χ0n) is 10.8. The summed E-state index contributed by atoms with van der Waals surface area (Å²) < 4.78 is 2.11. The predicted octanol–water partition coefficient (Wildman–Crippen LogP) is 1.81. The summed E-state index contributed by atoms with van der Waals surface area (Å²) in [6.45, 7) is 2.90. The Labute approximate surface area is 107 Å². The first-order chi connectivity index (χ1) is 8.57. The minimum absolute atomic E-state index is 0.0599. The van der Waals surface area contributed by atoms with Gasteiger partial charge < -0.3 is 14.6 Å². The number of nitrogens with zero attached hydrogens (tertiary/aromatic N) is 2. The molecule has 3 rings (SSSR count). The summed E-state index contributed by atoms with van der Waals surface area (Å²) in [6, 6.07) is 4.34. The molecule has 1 amide bonds. The zero-order chi connectivity index (χ0) is 12.8. The summed E-state index contributed by atoms with van der Waals surface area (Å²) >= 11 is 0. The molecule has 0 bridgehead atoms. The molecule has 18 heavy (non-hydrogen) atoms. The first-order valence-electron chi connectivity index (χ1n) is 6.75. The second kappa shape index (κ2) is 4.12. The molecule has 1 aromatic heterocycles. The third kappa shape index (κ3) is 1.94. The molecule has 1 saturated heterocycles. The highest BCUT2D eigenvalue weighted by molar-refractivity contribution is 5.93. The van der Waals surface area contributed by atoms with Gasteiger partial charge in [0.2, 0.25) is 0 Å². The standard InChI is InChI=1S/C14H20N2O2/c1-14(18)7-9-15(10-14)13(17)12-6-3-8-16(12)11-4-2-5-11/h3,6,8,11,18H,2,4-5,7,9-10H2,1H3. The fraction of sp³-hybridized carbons (Fsp3) is 0.643. The summed E-state index contributed by atoms with van der Waals surface area (Å²) in [6.07, 6.45) is 6.28. The smallest absolute Gasteiger partial charge is 0.270 e. The van der Waals surface area contributed by atoms with Crippen molar-refractivity contribution in [1.82, 2.24) is 9.47 Å². The number of aromatic nitrogens is 1. The van der Waals surface area contributed by atoms with Crippen LogP contribution in [0.4, 0.5) is 0 Å². The van der Waals surface area contributed by atoms with E-state index >= 15 is 0 Å². The minimum atomic E-state index is -0.719. The monoisotopic (exact) mass is 248 g/mol. The first kappa shape index (κ1) is 11.8. The van der Waals surface area contributed by atoms with Crippen LogP contribution in [0, 0.1) is 0 Å². The average molecular weight is 248 g/mol. The molecule has 1 aromatic rings. The number of aliphatic hydroxyl groups is 1. The van der Waals surface area contributed by atoms with E-state index in [0.717, 1.165) is 5.69 Å². The average Bonchev–Trinajstić information content (AvgIpc) is 2.81. The van der Waals surface area contributed by atoms with Crippen molar-refractivity contribution < 1.29 is 9.90 Å². The van der Waals surface area contributed by atoms with Gasteiger partial charge in [-0.25, -0.2) is 0 Å². The third-order valence-electron chi connectivity index (χ3n) is 4.21. The minimum Gasteiger partial charge on any atom is -0.388 e. The molecule has 1 saturated carbocycles. The van der Waals surface area contributed by atoms with Crippen LogP contribution < -0.4 is 0 Å². The van der Waals surface area contributed by atoms with E-state index in [2.05, 4.69) is 4.57 Å². The molecule has 4 heteroatoms. The number of hydrogen-bond donors (Lipinski definition) is 1. The first-order valence-corrected chi connectivity index (χ1v) is 6.75. The lowest BCUT2D eigenvalue weighted by atomic mass is 9.93. The van der Waals surface area contributed by atoms with E-state index in [4.69, 9.17) is 0 Å². The third-order valence-corrected chi connectivity index (χ3v) is 4.21. The van der Waals surface area contributed by atoms with Gasteiger partial charge in [-0.15, -0.1) is 0 Å². The SMILES string of the molecule is CC1(O)CCN(C(=O)c2cccn2C2CCC2)C1. The molecule has 0 radical (unpaired) electrons. The molecular weight excluding hydrogens is 228 g/mol. The highest BCUT2D eigenvalue weighted by atomic mass is 16.3. The van der Waals surface area contributed by atoms with Crippen molar-refractivity contribution in [2.24, 2.45) is 0 Å². The Morgan fingerprint density at radius 2 is 2.28 bits per heavy atom. The molecule has 2 aliphatic rings. The van der Waals surface area contributed by atoms with Crippen molar-refractivity contribution >= 4 is 5.91 Å². The number of β-amino-alcohol motifs (C(OH)–C–C–N with tert-alkyl or cyclic N) is 1. The molecule has 1 aliphatic heterocycles. The highest BCUT2D eigenvalue weighted by Crippen LogP contribution is 2.33. The van der Waals surface area contributed by atoms with E-state index in [1.807, 2.05) is 18.3 Å². The Hall–Kier alpha value is -1.29. The number of carbonyl (C=O) groups is 1. The Balaban J connectivity index is 1.78. The van der Waals surface area contributed by atoms with Crippen molar-refractivity contribution in [3.8, 4) is 0 Å². The Kier molecular flexibility index (Phi) is 2.70. The number of carbonyl (C=O) groups excluding carboxylic acids is 1. The number of amides is 1. The molecular formula is C14H20N2O2. The summed E-state index contributed by atoms with van der Waals surface area (Å²) in [5.74, 6) is 0.0599. The van der Waals surface area contributed by atoms with Gasteiger partial charge in [0.15, 0.2) is 0 Å². The Bertz CT molecular complexity index is 460. The molecule has 2 heterocycles. The molecule has 1 N–H and O–H groups in total. The van der Waals surface area contributed by atoms with Gasteiger partial charge in [-0.05, 0) is 44.7 Å². The van der Waals surface area contributed by atoms with Crippen LogP contribution in [0.3, 0.4) is 0 Å². The van der Waals surface area contributed by atoms with Crippen molar-refractivity contribution in [3.63, 3.8) is 0 Å². The molecule has 2 fully saturated rings. The van der Waals surface area contributed by atoms with Gasteiger partial charge in [0.05, 0.1) is 5.60 Å². The summed E-state index contributed by atoms with van der Waals surface area (Å²) in [7, 11) is 0. The molecule has 1 unspecified atom stereocenters. The van der Waals surface area contributed by atoms with Gasteiger partial charge >= 0.3 is 0 Å². The number of hydrogen-bond acceptors (Lipinski definition) is 2. The summed E-state index contributed by atoms with van der Waals surface area (Å²) in [5, 5.41) is 9.95. The van der Waals surface area contributed by atoms with E-state index < -0.39 is 5.60 Å². The van der Waals surface area contributed by atoms with E-state index in [-0.39, 0.29) is 5.91 Å². The van der Waals surface area contributed by atoms with Crippen molar-refractivity contribution in [3.05, 3.63) is 24.0 Å². The Morgan fingerprint density at radius 3 is 2.83 bits per heavy atom. The quantitative estimate of drug-likeness (QED) is 0.867. The van der Waals surface area contributed by atoms with Crippen molar-refractivity contribution in [1.29, 1.82) is 0 Å². The largest absolute Gasteiger partial charge is 0.388 e. The van der Waals surface area contributed by atoms with Crippen LogP contribution in [-0.2, 0) is 0 Å². The van der Waals surface area contributed by atoms with E-state index in [0.29, 0.717) is 25.6 Å². The van der Waals surface area contributed by atoms with Crippen LogP contribution in [-0.4, -0.2) is 39.2 Å². The van der Waals surface area contributed by atoms with Crippen LogP contribution in [0.5, 0.6) is 0 Å². The lowest BCUT2D eigenvalue weighted by Gasteiger charge is -2.29. The van der Waals surface area contributed by atoms with Crippen LogP contribution in [0.15, 0.2) is 18.3 Å². The summed E-state index contributed by atoms with van der Waals surface area (Å²) in [5.41, 5.74) is 0.0567. The van der Waals surface area contributed by atoms with Crippen LogP contribution in [0.2, 0.25) is 0 Å². The Morgan fingerprint density at radius 1 is 1.50 bits per heavy atom. The maximum absolute atomic E-state index is 12.5. The fourth-order valence-electron chi connectivity index (χ4n) is 2.84. The van der Waals surface area contributed by atoms with Crippen LogP contribution in [0.1, 0.15) is 49.1 Å². The molecule has 4 nitrogen and oxygen atoms in total. The maximum Gasteiger partial charge on any atom is 0.270 e. The van der Waals surface area contributed by atoms with Crippen LogP contribution >= 0.6 is 0 Å². The second-order valence-corrected chi connectivity index (χ2v) is 5.86. The summed E-state index contributed by atoms with van der Waals surface area (Å²) in [4.78, 5) is 14.2. The maximum atomic E-state index is 12.5. The normalized spacial score (nSPS) is 28.4. The second-order valence-electron chi connectivity index (χ2n) is 5.86. The van der Waals surface area contributed by atoms with E-state index in [9.17, 15) is 9.90 Å².